The van der Waals surface area contributed by atoms with Gasteiger partial charge in [-0.15, -0.1) is 0 Å². The minimum atomic E-state index is -3.73. The van der Waals surface area contributed by atoms with E-state index in [1.54, 1.807) is 27.7 Å². The van der Waals surface area contributed by atoms with Gasteiger partial charge in [0.2, 0.25) is 5.52 Å². The Hall–Kier alpha value is -0.0000000000000000416. The largest absolute Gasteiger partial charge is 0.359 e. The lowest BCUT2D eigenvalue weighted by atomic mass is 9.64. The molecule has 0 aliphatic heterocycles. The molecule has 0 bridgehead atoms. The Morgan fingerprint density at radius 3 is 1.77 bits per heavy atom. The summed E-state index contributed by atoms with van der Waals surface area (Å²) in [6, 6.07) is 0.0958. The van der Waals surface area contributed by atoms with Crippen LogP contribution < -0.4 is 5.32 Å². The van der Waals surface area contributed by atoms with Gasteiger partial charge in [-0.05, 0) is 58.8 Å². The first-order valence-corrected chi connectivity index (χ1v) is 12.8. The molecule has 2 rings (SSSR count). The molecule has 2 aliphatic carbocycles. The molecule has 0 radical (unpaired) electrons. The maximum atomic E-state index is 13.5. The predicted molar refractivity (Wildman–Crippen MR) is 102 cm³/mol. The van der Waals surface area contributed by atoms with Crippen molar-refractivity contribution in [1.82, 2.24) is 5.32 Å². The lowest BCUT2D eigenvalue weighted by Crippen LogP contribution is -2.54. The monoisotopic (exact) mass is 409 g/mol. The van der Waals surface area contributed by atoms with Gasteiger partial charge >= 0.3 is 15.2 Å². The van der Waals surface area contributed by atoms with Crippen molar-refractivity contribution in [2.45, 2.75) is 58.5 Å². The molecule has 2 aliphatic rings. The van der Waals surface area contributed by atoms with E-state index in [4.69, 9.17) is 18.1 Å². The van der Waals surface area contributed by atoms with Gasteiger partial charge in [-0.3, -0.25) is 14.4 Å². The molecular weight excluding hydrogens is 376 g/mol. The highest BCUT2D eigenvalue weighted by Crippen LogP contribution is 2.69. The van der Waals surface area contributed by atoms with Crippen molar-refractivity contribution in [3.8, 4) is 0 Å². The fourth-order valence-electron chi connectivity index (χ4n) is 3.78. The molecule has 1 N–H and O–H groups in total. The van der Waals surface area contributed by atoms with Crippen molar-refractivity contribution >= 4 is 15.2 Å². The van der Waals surface area contributed by atoms with Crippen LogP contribution in [0.2, 0.25) is 0 Å². The summed E-state index contributed by atoms with van der Waals surface area (Å²) >= 11 is 0. The summed E-state index contributed by atoms with van der Waals surface area (Å²) in [7, 11) is -7.47. The SMILES string of the molecule is CCOP(=O)(OCC)C(NC1CC2CC=CCC21)P(=O)(OCC)OCC. The van der Waals surface area contributed by atoms with Crippen LogP contribution in [0, 0.1) is 11.8 Å². The molecule has 26 heavy (non-hydrogen) atoms. The van der Waals surface area contributed by atoms with E-state index in [9.17, 15) is 9.13 Å². The van der Waals surface area contributed by atoms with Gasteiger partial charge in [0.05, 0.1) is 26.4 Å². The fourth-order valence-corrected chi connectivity index (χ4v) is 8.86. The number of hydrogen-bond acceptors (Lipinski definition) is 7. The summed E-state index contributed by atoms with van der Waals surface area (Å²) in [6.45, 7) is 7.70. The van der Waals surface area contributed by atoms with Crippen LogP contribution in [0.4, 0.5) is 0 Å². The van der Waals surface area contributed by atoms with Crippen LogP contribution in [-0.2, 0) is 27.2 Å². The minimum absolute atomic E-state index is 0.0958. The van der Waals surface area contributed by atoms with Crippen molar-refractivity contribution in [3.63, 3.8) is 0 Å². The van der Waals surface area contributed by atoms with Gasteiger partial charge in [-0.1, -0.05) is 12.2 Å². The number of rotatable bonds is 12. The highest BCUT2D eigenvalue weighted by Gasteiger charge is 2.54. The minimum Gasteiger partial charge on any atom is -0.307 e. The van der Waals surface area contributed by atoms with Gasteiger partial charge < -0.3 is 18.1 Å². The van der Waals surface area contributed by atoms with E-state index in [1.807, 2.05) is 0 Å². The molecule has 152 valence electrons. The van der Waals surface area contributed by atoms with Gasteiger partial charge in [-0.2, -0.15) is 0 Å². The molecule has 0 spiro atoms. The van der Waals surface area contributed by atoms with Crippen LogP contribution >= 0.6 is 15.2 Å². The van der Waals surface area contributed by atoms with Gasteiger partial charge in [0, 0.05) is 6.04 Å². The van der Waals surface area contributed by atoms with Gasteiger partial charge in [0.1, 0.15) is 0 Å². The molecule has 3 atom stereocenters. The third kappa shape index (κ3) is 4.88. The average Bonchev–Trinajstić information content (AvgIpc) is 2.56. The second-order valence-electron chi connectivity index (χ2n) is 6.50. The Labute approximate surface area is 157 Å². The highest BCUT2D eigenvalue weighted by atomic mass is 31.2. The Kier molecular flexibility index (Phi) is 8.55. The van der Waals surface area contributed by atoms with Crippen LogP contribution in [0.3, 0.4) is 0 Å². The second-order valence-corrected chi connectivity index (χ2v) is 11.1. The Morgan fingerprint density at radius 1 is 0.885 bits per heavy atom. The Balaban J connectivity index is 2.29. The van der Waals surface area contributed by atoms with E-state index in [0.29, 0.717) is 11.8 Å². The van der Waals surface area contributed by atoms with E-state index < -0.39 is 20.7 Å². The molecule has 3 unspecified atom stereocenters. The Morgan fingerprint density at radius 2 is 1.35 bits per heavy atom. The molecule has 1 fully saturated rings. The maximum absolute atomic E-state index is 13.5. The molecule has 7 nitrogen and oxygen atoms in total. The lowest BCUT2D eigenvalue weighted by Gasteiger charge is -2.48. The van der Waals surface area contributed by atoms with Crippen LogP contribution in [0.15, 0.2) is 12.2 Å². The summed E-state index contributed by atoms with van der Waals surface area (Å²) in [5, 5.41) is 3.31. The van der Waals surface area contributed by atoms with Crippen molar-refractivity contribution in [2.24, 2.45) is 11.8 Å². The van der Waals surface area contributed by atoms with Gasteiger partial charge in [-0.25, -0.2) is 0 Å². The zero-order chi connectivity index (χ0) is 19.2. The molecule has 0 aromatic heterocycles. The number of allylic oxidation sites excluding steroid dienone is 2. The summed E-state index contributed by atoms with van der Waals surface area (Å²) in [5.74, 6) is 1.06. The van der Waals surface area contributed by atoms with Crippen LogP contribution in [0.1, 0.15) is 47.0 Å². The summed E-state index contributed by atoms with van der Waals surface area (Å²) < 4.78 is 49.0. The van der Waals surface area contributed by atoms with E-state index in [0.717, 1.165) is 19.3 Å². The molecule has 0 amide bonds. The predicted octanol–water partition coefficient (Wildman–Crippen LogP) is 4.75. The van der Waals surface area contributed by atoms with Crippen LogP contribution in [0.25, 0.3) is 0 Å². The maximum Gasteiger partial charge on any atom is 0.359 e. The molecule has 0 heterocycles. The second kappa shape index (κ2) is 9.97. The first kappa shape index (κ1) is 22.3. The zero-order valence-electron chi connectivity index (χ0n) is 16.3. The highest BCUT2D eigenvalue weighted by molar-refractivity contribution is 7.72. The zero-order valence-corrected chi connectivity index (χ0v) is 18.0. The Bertz CT molecular complexity index is 519. The molecule has 0 saturated heterocycles. The van der Waals surface area contributed by atoms with Gasteiger partial charge in [0.25, 0.3) is 0 Å². The summed E-state index contributed by atoms with van der Waals surface area (Å²) in [5.41, 5.74) is -1.12. The molecule has 0 aromatic carbocycles. The average molecular weight is 409 g/mol. The number of hydrogen-bond donors (Lipinski definition) is 1. The topological polar surface area (TPSA) is 83.1 Å². The quantitative estimate of drug-likeness (QED) is 0.368. The molecule has 0 aromatic rings. The van der Waals surface area contributed by atoms with E-state index in [-0.39, 0.29) is 32.5 Å². The van der Waals surface area contributed by atoms with Crippen molar-refractivity contribution in [1.29, 1.82) is 0 Å². The van der Waals surface area contributed by atoms with Crippen LogP contribution in [0.5, 0.6) is 0 Å². The van der Waals surface area contributed by atoms with Gasteiger partial charge in [0.15, 0.2) is 0 Å². The standard InChI is InChI=1S/C17H33NO6P2/c1-5-21-25(19,22-6-2)17(26(20,23-7-3)24-8-4)18-16-13-14-11-9-10-12-15(14)16/h9-10,14-18H,5-8,11-13H2,1-4H3. The summed E-state index contributed by atoms with van der Waals surface area (Å²) in [6.07, 6.45) is 7.37. The number of nitrogens with one attached hydrogen (secondary N) is 1. The van der Waals surface area contributed by atoms with Crippen LogP contribution in [-0.4, -0.2) is 38.0 Å². The van der Waals surface area contributed by atoms with Crippen molar-refractivity contribution < 1.29 is 27.2 Å². The fraction of sp³-hybridized carbons (Fsp3) is 0.882. The normalized spacial score (nSPS) is 26.0. The van der Waals surface area contributed by atoms with Crippen molar-refractivity contribution in [2.75, 3.05) is 26.4 Å². The number of fused-ring (bicyclic) bond motifs is 1. The summed E-state index contributed by atoms with van der Waals surface area (Å²) in [4.78, 5) is 0. The molecular formula is C17H33NO6P2. The van der Waals surface area contributed by atoms with E-state index in [1.165, 1.54) is 0 Å². The van der Waals surface area contributed by atoms with E-state index in [2.05, 4.69) is 17.5 Å². The smallest absolute Gasteiger partial charge is 0.307 e. The molecule has 9 heteroatoms. The van der Waals surface area contributed by atoms with E-state index >= 15 is 0 Å². The molecule has 1 saturated carbocycles. The lowest BCUT2D eigenvalue weighted by molar-refractivity contribution is 0.0950. The first-order valence-electron chi connectivity index (χ1n) is 9.62. The first-order chi connectivity index (χ1) is 12.4. The van der Waals surface area contributed by atoms with Crippen molar-refractivity contribution in [3.05, 3.63) is 12.2 Å². The third-order valence-corrected chi connectivity index (χ3v) is 10.6. The third-order valence-electron chi connectivity index (χ3n) is 4.89.